The number of hydrogen-bond acceptors (Lipinski definition) is 3. The Morgan fingerprint density at radius 2 is 0.766 bits per heavy atom. The van der Waals surface area contributed by atoms with Crippen molar-refractivity contribution >= 4 is 0 Å². The Labute approximate surface area is 260 Å². The molecule has 252 valence electrons. The summed E-state index contributed by atoms with van der Waals surface area (Å²) in [5.74, 6) is -1.61. The van der Waals surface area contributed by atoms with Crippen LogP contribution in [0.1, 0.15) is 11.1 Å². The van der Waals surface area contributed by atoms with Crippen LogP contribution in [-0.4, -0.2) is 38.5 Å². The Balaban J connectivity index is 2.06. The van der Waals surface area contributed by atoms with Crippen LogP contribution < -0.4 is 15.4 Å². The summed E-state index contributed by atoms with van der Waals surface area (Å²) in [6.07, 6.45) is -12.4. The first-order valence-corrected chi connectivity index (χ1v) is 13.5. The van der Waals surface area contributed by atoms with Crippen LogP contribution in [0.2, 0.25) is 0 Å². The molecule has 0 fully saturated rings. The van der Waals surface area contributed by atoms with E-state index in [4.69, 9.17) is 4.74 Å². The molecule has 0 saturated heterocycles. The molecule has 0 saturated carbocycles. The zero-order valence-corrected chi connectivity index (χ0v) is 24.2. The second-order valence-electron chi connectivity index (χ2n) is 10.2. The van der Waals surface area contributed by atoms with Crippen molar-refractivity contribution in [3.05, 3.63) is 108 Å². The van der Waals surface area contributed by atoms with Crippen LogP contribution in [0.25, 0.3) is 22.3 Å². The Kier molecular flexibility index (Phi) is 9.41. The van der Waals surface area contributed by atoms with Crippen molar-refractivity contribution in [1.82, 2.24) is 10.6 Å². The topological polar surface area (TPSA) is 33.3 Å². The minimum Gasteiger partial charge on any atom is -0.456 e. The summed E-state index contributed by atoms with van der Waals surface area (Å²) >= 11 is 0. The lowest BCUT2D eigenvalue weighted by molar-refractivity contribution is -0.317. The zero-order valence-electron chi connectivity index (χ0n) is 24.2. The Bertz CT molecular complexity index is 1570. The van der Waals surface area contributed by atoms with E-state index in [1.807, 2.05) is 0 Å². The van der Waals surface area contributed by atoms with E-state index in [-0.39, 0.29) is 34.4 Å². The molecule has 4 aromatic carbocycles. The molecule has 3 nitrogen and oxygen atoms in total. The molecule has 15 heteroatoms. The molecule has 2 atom stereocenters. The number of rotatable bonds is 10. The number of hydrogen-bond donors (Lipinski definition) is 2. The van der Waals surface area contributed by atoms with Gasteiger partial charge in [0.15, 0.2) is 0 Å². The van der Waals surface area contributed by atoms with Gasteiger partial charge in [-0.3, -0.25) is 10.6 Å². The monoisotopic (exact) mass is 680 g/mol. The third-order valence-electron chi connectivity index (χ3n) is 7.42. The number of halogens is 12. The van der Waals surface area contributed by atoms with Gasteiger partial charge in [-0.2, -0.15) is 43.9 Å². The van der Waals surface area contributed by atoms with Crippen molar-refractivity contribution < 1.29 is 57.4 Å². The number of nitrogens with one attached hydrogen (secondary N) is 2. The van der Waals surface area contributed by atoms with Crippen LogP contribution in [0.4, 0.5) is 52.7 Å². The molecular weight excluding hydrogens is 656 g/mol. The summed E-state index contributed by atoms with van der Waals surface area (Å²) in [5, 5.41) is 1.99. The van der Waals surface area contributed by atoms with E-state index in [2.05, 4.69) is 0 Å². The molecule has 47 heavy (non-hydrogen) atoms. The average molecular weight is 681 g/mol. The summed E-state index contributed by atoms with van der Waals surface area (Å²) in [7, 11) is 0.774. The largest absolute Gasteiger partial charge is 0.456 e. The van der Waals surface area contributed by atoms with Crippen LogP contribution in [0.5, 0.6) is 11.5 Å². The van der Waals surface area contributed by atoms with Gasteiger partial charge in [0, 0.05) is 22.3 Å². The van der Waals surface area contributed by atoms with Gasteiger partial charge in [-0.15, -0.1) is 0 Å². The second-order valence-corrected chi connectivity index (χ2v) is 10.2. The third-order valence-corrected chi connectivity index (χ3v) is 7.42. The summed E-state index contributed by atoms with van der Waals surface area (Å²) < 4.78 is 180. The first kappa shape index (κ1) is 35.6. The number of ether oxygens (including phenoxy) is 1. The van der Waals surface area contributed by atoms with Gasteiger partial charge in [-0.25, -0.2) is 8.78 Å². The van der Waals surface area contributed by atoms with Crippen molar-refractivity contribution in [2.45, 2.75) is 35.8 Å². The molecule has 0 amide bonds. The first-order chi connectivity index (χ1) is 21.7. The number of benzene rings is 4. The summed E-state index contributed by atoms with van der Waals surface area (Å²) in [6.45, 7) is 0. The lowest BCUT2D eigenvalue weighted by Crippen LogP contribution is -2.58. The van der Waals surface area contributed by atoms with Crippen molar-refractivity contribution in [3.63, 3.8) is 0 Å². The van der Waals surface area contributed by atoms with E-state index in [1.54, 1.807) is 12.1 Å². The van der Waals surface area contributed by atoms with Crippen LogP contribution in [0, 0.1) is 0 Å². The quantitative estimate of drug-likeness (QED) is 0.129. The minimum absolute atomic E-state index is 0.167. The predicted octanol–water partition coefficient (Wildman–Crippen LogP) is 9.89. The fourth-order valence-corrected chi connectivity index (χ4v) is 4.86. The summed E-state index contributed by atoms with van der Waals surface area (Å²) in [4.78, 5) is 0. The smallest absolute Gasteiger partial charge is 0.434 e. The van der Waals surface area contributed by atoms with E-state index in [1.165, 1.54) is 48.5 Å². The van der Waals surface area contributed by atoms with Crippen molar-refractivity contribution in [3.8, 4) is 33.8 Å². The highest BCUT2D eigenvalue weighted by Gasteiger charge is 2.73. The van der Waals surface area contributed by atoms with Gasteiger partial charge in [-0.1, -0.05) is 84.9 Å². The highest BCUT2D eigenvalue weighted by Crippen LogP contribution is 2.55. The van der Waals surface area contributed by atoms with Crippen LogP contribution >= 0.6 is 0 Å². The number of likely N-dealkylation sites (N-methyl/N-ethyl adjacent to an activating group) is 2. The lowest BCUT2D eigenvalue weighted by Gasteiger charge is -2.35. The highest BCUT2D eigenvalue weighted by atomic mass is 19.4. The molecule has 0 spiro atoms. The van der Waals surface area contributed by atoms with Crippen molar-refractivity contribution in [1.29, 1.82) is 0 Å². The molecule has 0 heterocycles. The fraction of sp³-hybridized carbons (Fsp3) is 0.250. The van der Waals surface area contributed by atoms with Gasteiger partial charge in [0.25, 0.3) is 0 Å². The van der Waals surface area contributed by atoms with Crippen molar-refractivity contribution in [2.24, 2.45) is 0 Å². The van der Waals surface area contributed by atoms with Crippen molar-refractivity contribution in [2.75, 3.05) is 14.1 Å². The molecular formula is C32H24F12N2O. The van der Waals surface area contributed by atoms with Gasteiger partial charge in [0.05, 0.1) is 0 Å². The molecule has 0 aliphatic rings. The first-order valence-electron chi connectivity index (χ1n) is 13.5. The SMILES string of the molecule is CNC(F)(F)C(F)(c1ccc(-c2ccccc2)c(Oc2cc(C(F)(C(F)(F)F)C(F)(F)NC)ccc2-c2ccccc2)c1)C(F)(F)F. The molecule has 0 aromatic heterocycles. The van der Waals surface area contributed by atoms with E-state index in [9.17, 15) is 43.9 Å². The third kappa shape index (κ3) is 6.13. The van der Waals surface area contributed by atoms with E-state index in [0.717, 1.165) is 22.8 Å². The molecule has 0 aliphatic carbocycles. The lowest BCUT2D eigenvalue weighted by atomic mass is 9.89. The Morgan fingerprint density at radius 1 is 0.447 bits per heavy atom. The van der Waals surface area contributed by atoms with Crippen LogP contribution in [0.15, 0.2) is 97.1 Å². The van der Waals surface area contributed by atoms with Crippen LogP contribution in [-0.2, 0) is 11.3 Å². The maximum atomic E-state index is 15.7. The van der Waals surface area contributed by atoms with E-state index >= 15 is 8.78 Å². The summed E-state index contributed by atoms with van der Waals surface area (Å²) in [6, 6.07) is 7.03. The van der Waals surface area contributed by atoms with Gasteiger partial charge in [0.1, 0.15) is 11.5 Å². The standard InChI is InChI=1S/C32H24F12N2O/c1-45-31(41,42)27(33,29(35,36)37)21-13-15-23(19-9-5-3-6-10-19)25(17-21)47-26-18-22(14-16-24(26)20-11-7-4-8-12-20)28(34,30(38,39)40)32(43,44)46-2/h3-18,45-46H,1-2H3. The highest BCUT2D eigenvalue weighted by molar-refractivity contribution is 5.75. The van der Waals surface area contributed by atoms with Crippen LogP contribution in [0.3, 0.4) is 0 Å². The molecule has 2 unspecified atom stereocenters. The molecule has 0 aliphatic heterocycles. The molecule has 0 bridgehead atoms. The van der Waals surface area contributed by atoms with Gasteiger partial charge < -0.3 is 4.74 Å². The maximum absolute atomic E-state index is 15.7. The average Bonchev–Trinajstić information content (AvgIpc) is 3.03. The molecule has 2 N–H and O–H groups in total. The summed E-state index contributed by atoms with van der Waals surface area (Å²) in [5.41, 5.74) is -14.1. The van der Waals surface area contributed by atoms with E-state index < -0.39 is 58.4 Å². The predicted molar refractivity (Wildman–Crippen MR) is 150 cm³/mol. The fourth-order valence-electron chi connectivity index (χ4n) is 4.86. The minimum atomic E-state index is -6.22. The molecule has 0 radical (unpaired) electrons. The zero-order chi connectivity index (χ0) is 35.1. The number of alkyl halides is 12. The normalized spacial score (nSPS) is 15.5. The Morgan fingerprint density at radius 3 is 1.04 bits per heavy atom. The van der Waals surface area contributed by atoms with Gasteiger partial charge in [-0.05, 0) is 37.4 Å². The maximum Gasteiger partial charge on any atom is 0.434 e. The van der Waals surface area contributed by atoms with Gasteiger partial charge >= 0.3 is 35.8 Å². The second kappa shape index (κ2) is 12.4. The Hall–Kier alpha value is -4.24. The van der Waals surface area contributed by atoms with E-state index in [0.29, 0.717) is 26.2 Å². The molecule has 4 aromatic rings. The molecule has 4 rings (SSSR count). The van der Waals surface area contributed by atoms with Gasteiger partial charge in [0.2, 0.25) is 0 Å².